The van der Waals surface area contributed by atoms with Gasteiger partial charge in [-0.15, -0.1) is 0 Å². The molecule has 0 saturated heterocycles. The van der Waals surface area contributed by atoms with Crippen LogP contribution >= 0.6 is 0 Å². The predicted molar refractivity (Wildman–Crippen MR) is 43.5 cm³/mol. The summed E-state index contributed by atoms with van der Waals surface area (Å²) in [5.74, 6) is 0. The summed E-state index contributed by atoms with van der Waals surface area (Å²) in [5.41, 5.74) is 2.51. The lowest BCUT2D eigenvalue weighted by molar-refractivity contribution is 0.949. The van der Waals surface area contributed by atoms with Crippen LogP contribution in [-0.2, 0) is 0 Å². The quantitative estimate of drug-likeness (QED) is 0.506. The highest BCUT2D eigenvalue weighted by molar-refractivity contribution is 5.23. The first kappa shape index (κ1) is 8.48. The van der Waals surface area contributed by atoms with Gasteiger partial charge >= 0.3 is 0 Å². The average molecular weight is 124 g/mol. The molecular weight excluding hydrogens is 108 g/mol. The SMILES string of the molecule is C=C(C)/C(C)=C\CCC. The van der Waals surface area contributed by atoms with E-state index < -0.39 is 0 Å². The Labute approximate surface area is 58.3 Å². The first-order chi connectivity index (χ1) is 4.18. The summed E-state index contributed by atoms with van der Waals surface area (Å²) in [7, 11) is 0. The Morgan fingerprint density at radius 2 is 2.00 bits per heavy atom. The molecule has 0 nitrogen and oxygen atoms in total. The minimum atomic E-state index is 1.18. The number of unbranched alkanes of at least 4 members (excludes halogenated alkanes) is 1. The number of hydrogen-bond acceptors (Lipinski definition) is 0. The Morgan fingerprint density at radius 3 is 2.33 bits per heavy atom. The van der Waals surface area contributed by atoms with Gasteiger partial charge in [-0.2, -0.15) is 0 Å². The lowest BCUT2D eigenvalue weighted by Gasteiger charge is -1.96. The number of hydrogen-bond donors (Lipinski definition) is 0. The highest BCUT2D eigenvalue weighted by Crippen LogP contribution is 2.06. The molecule has 0 amide bonds. The molecule has 0 fully saturated rings. The molecule has 0 aromatic carbocycles. The first-order valence-electron chi connectivity index (χ1n) is 3.51. The van der Waals surface area contributed by atoms with Crippen molar-refractivity contribution in [3.05, 3.63) is 23.8 Å². The molecule has 0 aliphatic rings. The van der Waals surface area contributed by atoms with E-state index in [1.54, 1.807) is 0 Å². The van der Waals surface area contributed by atoms with E-state index in [0.717, 1.165) is 0 Å². The largest absolute Gasteiger partial charge is 0.0959 e. The van der Waals surface area contributed by atoms with Crippen molar-refractivity contribution in [3.8, 4) is 0 Å². The van der Waals surface area contributed by atoms with Crippen LogP contribution in [0.4, 0.5) is 0 Å². The van der Waals surface area contributed by atoms with Gasteiger partial charge in [0.2, 0.25) is 0 Å². The fourth-order valence-electron chi connectivity index (χ4n) is 0.535. The van der Waals surface area contributed by atoms with Gasteiger partial charge in [0.25, 0.3) is 0 Å². The molecule has 0 heterocycles. The summed E-state index contributed by atoms with van der Waals surface area (Å²) < 4.78 is 0. The molecule has 0 heteroatoms. The molecule has 0 aromatic rings. The third kappa shape index (κ3) is 4.01. The Hall–Kier alpha value is -0.520. The van der Waals surface area contributed by atoms with Gasteiger partial charge in [0.15, 0.2) is 0 Å². The predicted octanol–water partition coefficient (Wildman–Crippen LogP) is 3.31. The van der Waals surface area contributed by atoms with E-state index in [-0.39, 0.29) is 0 Å². The molecule has 9 heavy (non-hydrogen) atoms. The second kappa shape index (κ2) is 4.37. The summed E-state index contributed by atoms with van der Waals surface area (Å²) in [4.78, 5) is 0. The summed E-state index contributed by atoms with van der Waals surface area (Å²) in [6.45, 7) is 10.2. The molecule has 0 bridgehead atoms. The lowest BCUT2D eigenvalue weighted by Crippen LogP contribution is -1.75. The van der Waals surface area contributed by atoms with Crippen molar-refractivity contribution in [3.63, 3.8) is 0 Å². The van der Waals surface area contributed by atoms with E-state index in [1.165, 1.54) is 24.0 Å². The van der Waals surface area contributed by atoms with Gasteiger partial charge in [-0.25, -0.2) is 0 Å². The van der Waals surface area contributed by atoms with Crippen molar-refractivity contribution in [1.82, 2.24) is 0 Å². The van der Waals surface area contributed by atoms with E-state index >= 15 is 0 Å². The van der Waals surface area contributed by atoms with Crippen LogP contribution in [0, 0.1) is 0 Å². The van der Waals surface area contributed by atoms with Gasteiger partial charge < -0.3 is 0 Å². The van der Waals surface area contributed by atoms with Crippen LogP contribution in [0.25, 0.3) is 0 Å². The van der Waals surface area contributed by atoms with Gasteiger partial charge in [-0.05, 0) is 20.3 Å². The van der Waals surface area contributed by atoms with Crippen molar-refractivity contribution >= 4 is 0 Å². The molecule has 0 radical (unpaired) electrons. The van der Waals surface area contributed by atoms with Crippen LogP contribution < -0.4 is 0 Å². The summed E-state index contributed by atoms with van der Waals surface area (Å²) in [5, 5.41) is 0. The van der Waals surface area contributed by atoms with Crippen molar-refractivity contribution in [2.24, 2.45) is 0 Å². The zero-order chi connectivity index (χ0) is 7.28. The summed E-state index contributed by atoms with van der Waals surface area (Å²) >= 11 is 0. The van der Waals surface area contributed by atoms with Gasteiger partial charge in [0.05, 0.1) is 0 Å². The Balaban J connectivity index is 3.69. The second-order valence-electron chi connectivity index (χ2n) is 2.46. The first-order valence-corrected chi connectivity index (χ1v) is 3.51. The lowest BCUT2D eigenvalue weighted by atomic mass is 10.1. The molecule has 0 spiro atoms. The van der Waals surface area contributed by atoms with Crippen LogP contribution in [0.1, 0.15) is 33.6 Å². The van der Waals surface area contributed by atoms with Crippen LogP contribution in [0.3, 0.4) is 0 Å². The molecule has 52 valence electrons. The molecule has 0 aromatic heterocycles. The zero-order valence-corrected chi connectivity index (χ0v) is 6.70. The molecular formula is C9H16. The van der Waals surface area contributed by atoms with Crippen LogP contribution in [0.2, 0.25) is 0 Å². The Kier molecular flexibility index (Phi) is 4.12. The Morgan fingerprint density at radius 1 is 1.44 bits per heavy atom. The molecule has 0 unspecified atom stereocenters. The maximum absolute atomic E-state index is 3.84. The van der Waals surface area contributed by atoms with Crippen LogP contribution in [-0.4, -0.2) is 0 Å². The second-order valence-corrected chi connectivity index (χ2v) is 2.46. The van der Waals surface area contributed by atoms with Gasteiger partial charge in [0.1, 0.15) is 0 Å². The van der Waals surface area contributed by atoms with E-state index in [2.05, 4.69) is 26.5 Å². The normalized spacial score (nSPS) is 11.7. The Bertz CT molecular complexity index is 118. The number of rotatable bonds is 3. The van der Waals surface area contributed by atoms with E-state index in [4.69, 9.17) is 0 Å². The minimum Gasteiger partial charge on any atom is -0.0959 e. The molecule has 0 aliphatic heterocycles. The monoisotopic (exact) mass is 124 g/mol. The molecule has 0 rings (SSSR count). The van der Waals surface area contributed by atoms with Crippen molar-refractivity contribution in [1.29, 1.82) is 0 Å². The zero-order valence-electron chi connectivity index (χ0n) is 6.70. The number of allylic oxidation sites excluding steroid dienone is 3. The maximum atomic E-state index is 3.84. The maximum Gasteiger partial charge on any atom is -0.0348 e. The topological polar surface area (TPSA) is 0 Å². The smallest absolute Gasteiger partial charge is 0.0348 e. The average Bonchev–Trinajstić information content (AvgIpc) is 1.82. The standard InChI is InChI=1S/C9H16/c1-5-6-7-9(4)8(2)3/h7H,2,5-6H2,1,3-4H3/b9-7-. The molecule has 0 N–H and O–H groups in total. The summed E-state index contributed by atoms with van der Waals surface area (Å²) in [6, 6.07) is 0. The third-order valence-corrected chi connectivity index (χ3v) is 1.41. The van der Waals surface area contributed by atoms with Crippen molar-refractivity contribution in [2.45, 2.75) is 33.6 Å². The fraction of sp³-hybridized carbons (Fsp3) is 0.556. The highest BCUT2D eigenvalue weighted by Gasteiger charge is 1.85. The highest BCUT2D eigenvalue weighted by atomic mass is 13.9. The molecule has 0 aliphatic carbocycles. The van der Waals surface area contributed by atoms with Gasteiger partial charge in [-0.3, -0.25) is 0 Å². The summed E-state index contributed by atoms with van der Waals surface area (Å²) in [6.07, 6.45) is 4.64. The van der Waals surface area contributed by atoms with Crippen LogP contribution in [0.5, 0.6) is 0 Å². The third-order valence-electron chi connectivity index (χ3n) is 1.41. The molecule has 0 saturated carbocycles. The van der Waals surface area contributed by atoms with Crippen molar-refractivity contribution in [2.75, 3.05) is 0 Å². The fourth-order valence-corrected chi connectivity index (χ4v) is 0.535. The van der Waals surface area contributed by atoms with Crippen molar-refractivity contribution < 1.29 is 0 Å². The molecule has 0 atom stereocenters. The van der Waals surface area contributed by atoms with E-state index in [9.17, 15) is 0 Å². The minimum absolute atomic E-state index is 1.18. The van der Waals surface area contributed by atoms with Gasteiger partial charge in [-0.1, -0.05) is 37.1 Å². The van der Waals surface area contributed by atoms with E-state index in [1.807, 2.05) is 6.92 Å². The van der Waals surface area contributed by atoms with Gasteiger partial charge in [0, 0.05) is 0 Å². The van der Waals surface area contributed by atoms with Crippen LogP contribution in [0.15, 0.2) is 23.8 Å². The van der Waals surface area contributed by atoms with E-state index in [0.29, 0.717) is 0 Å².